The standard InChI is InChI=1S/C10H10NO.Rb/c1-7(2)8-4-3-5-9-10(8)12-6-11-9;/h3-5,7H,1-2H3;/q-1;+1. The van der Waals surface area contributed by atoms with Crippen molar-refractivity contribution in [2.45, 2.75) is 19.8 Å². The quantitative estimate of drug-likeness (QED) is 0.648. The van der Waals surface area contributed by atoms with Crippen LogP contribution in [0.5, 0.6) is 0 Å². The molecule has 62 valence electrons. The van der Waals surface area contributed by atoms with Crippen LogP contribution in [0.2, 0.25) is 0 Å². The molecule has 0 fully saturated rings. The zero-order valence-electron chi connectivity index (χ0n) is 8.16. The molecule has 0 amide bonds. The van der Waals surface area contributed by atoms with Crippen LogP contribution in [-0.2, 0) is 0 Å². The maximum absolute atomic E-state index is 5.17. The first kappa shape index (κ1) is 11.6. The van der Waals surface area contributed by atoms with Gasteiger partial charge in [-0.15, -0.1) is 6.07 Å². The number of rotatable bonds is 1. The first-order chi connectivity index (χ1) is 5.79. The molecule has 2 aromatic rings. The Kier molecular flexibility index (Phi) is 4.30. The van der Waals surface area contributed by atoms with Crippen molar-refractivity contribution in [3.8, 4) is 0 Å². The van der Waals surface area contributed by atoms with Crippen LogP contribution in [-0.4, -0.2) is 4.98 Å². The smallest absolute Gasteiger partial charge is 0.573 e. The van der Waals surface area contributed by atoms with Gasteiger partial charge in [0.25, 0.3) is 0 Å². The van der Waals surface area contributed by atoms with Gasteiger partial charge in [-0.1, -0.05) is 31.5 Å². The molecule has 0 aliphatic heterocycles. The zero-order valence-corrected chi connectivity index (χ0v) is 13.1. The van der Waals surface area contributed by atoms with Crippen molar-refractivity contribution in [2.75, 3.05) is 0 Å². The Morgan fingerprint density at radius 3 is 2.85 bits per heavy atom. The number of hydrogen-bond donors (Lipinski definition) is 0. The summed E-state index contributed by atoms with van der Waals surface area (Å²) in [5, 5.41) is 0. The summed E-state index contributed by atoms with van der Waals surface area (Å²) in [5.41, 5.74) is 2.95. The molecule has 0 spiro atoms. The van der Waals surface area contributed by atoms with E-state index in [2.05, 4.69) is 31.3 Å². The Balaban J connectivity index is 0.000000845. The molecule has 0 aliphatic rings. The molecule has 0 radical (unpaired) electrons. The minimum atomic E-state index is 0. The fourth-order valence-electron chi connectivity index (χ4n) is 1.31. The van der Waals surface area contributed by atoms with Gasteiger partial charge in [0.05, 0.1) is 0 Å². The van der Waals surface area contributed by atoms with Gasteiger partial charge in [0.1, 0.15) is 6.39 Å². The van der Waals surface area contributed by atoms with E-state index in [1.165, 1.54) is 5.56 Å². The van der Waals surface area contributed by atoms with Gasteiger partial charge in [-0.3, -0.25) is 0 Å². The molecule has 0 saturated carbocycles. The number of hydrogen-bond acceptors (Lipinski definition) is 2. The normalized spacial score (nSPS) is 10.4. The third kappa shape index (κ3) is 2.29. The fraction of sp³-hybridized carbons (Fsp3) is 0.300. The zero-order chi connectivity index (χ0) is 8.55. The van der Waals surface area contributed by atoms with Crippen LogP contribution >= 0.6 is 0 Å². The second kappa shape index (κ2) is 4.83. The summed E-state index contributed by atoms with van der Waals surface area (Å²) in [4.78, 5) is 3.97. The van der Waals surface area contributed by atoms with Gasteiger partial charge in [-0.25, -0.2) is 0 Å². The Hall–Kier alpha value is 0.495. The van der Waals surface area contributed by atoms with Gasteiger partial charge in [-0.2, -0.15) is 0 Å². The minimum Gasteiger partial charge on any atom is -0.573 e. The van der Waals surface area contributed by atoms with Crippen LogP contribution in [0, 0.1) is 6.39 Å². The second-order valence-corrected chi connectivity index (χ2v) is 3.16. The molecular weight excluding hydrogens is 236 g/mol. The third-order valence-corrected chi connectivity index (χ3v) is 1.96. The van der Waals surface area contributed by atoms with Crippen molar-refractivity contribution in [3.05, 3.63) is 30.2 Å². The first-order valence-corrected chi connectivity index (χ1v) is 4.04. The molecular formula is C10H10NORb. The van der Waals surface area contributed by atoms with Crippen LogP contribution in [0.25, 0.3) is 11.1 Å². The van der Waals surface area contributed by atoms with Gasteiger partial charge >= 0.3 is 58.2 Å². The van der Waals surface area contributed by atoms with Crippen molar-refractivity contribution >= 4 is 11.1 Å². The molecule has 1 aromatic carbocycles. The van der Waals surface area contributed by atoms with Gasteiger partial charge in [0, 0.05) is 0 Å². The largest absolute Gasteiger partial charge is 1.00 e. The molecule has 0 N–H and O–H groups in total. The van der Waals surface area contributed by atoms with Crippen molar-refractivity contribution in [2.24, 2.45) is 0 Å². The predicted molar refractivity (Wildman–Crippen MR) is 46.9 cm³/mol. The second-order valence-electron chi connectivity index (χ2n) is 3.16. The monoisotopic (exact) mass is 245 g/mol. The number of fused-ring (bicyclic) bond motifs is 1. The van der Waals surface area contributed by atoms with Gasteiger partial charge in [-0.05, 0) is 17.0 Å². The van der Waals surface area contributed by atoms with E-state index in [1.54, 1.807) is 0 Å². The number of benzene rings is 1. The van der Waals surface area contributed by atoms with E-state index in [0.29, 0.717) is 5.92 Å². The SMILES string of the molecule is CC(C)c1cccc2n[c-]oc12.[Rb+]. The van der Waals surface area contributed by atoms with Crippen LogP contribution < -0.4 is 58.2 Å². The summed E-state index contributed by atoms with van der Waals surface area (Å²) in [6.07, 6.45) is 2.51. The summed E-state index contributed by atoms with van der Waals surface area (Å²) in [7, 11) is 0. The number of nitrogens with zero attached hydrogens (tertiary/aromatic N) is 1. The van der Waals surface area contributed by atoms with E-state index in [-0.39, 0.29) is 58.2 Å². The molecule has 0 saturated heterocycles. The van der Waals surface area contributed by atoms with Crippen molar-refractivity contribution in [1.82, 2.24) is 4.98 Å². The van der Waals surface area contributed by atoms with E-state index < -0.39 is 0 Å². The van der Waals surface area contributed by atoms with Gasteiger partial charge < -0.3 is 9.40 Å². The molecule has 3 heteroatoms. The number of para-hydroxylation sites is 1. The van der Waals surface area contributed by atoms with Crippen LogP contribution in [0.3, 0.4) is 0 Å². The number of aromatic nitrogens is 1. The summed E-state index contributed by atoms with van der Waals surface area (Å²) < 4.78 is 5.17. The molecule has 0 aliphatic carbocycles. The van der Waals surface area contributed by atoms with E-state index in [4.69, 9.17) is 4.42 Å². The molecule has 1 aromatic heterocycles. The van der Waals surface area contributed by atoms with Crippen molar-refractivity contribution in [1.29, 1.82) is 0 Å². The fourth-order valence-corrected chi connectivity index (χ4v) is 1.31. The summed E-state index contributed by atoms with van der Waals surface area (Å²) in [6.45, 7) is 4.27. The Morgan fingerprint density at radius 2 is 2.15 bits per heavy atom. The van der Waals surface area contributed by atoms with Gasteiger partial charge in [0.2, 0.25) is 0 Å². The van der Waals surface area contributed by atoms with Crippen LogP contribution in [0.15, 0.2) is 22.6 Å². The van der Waals surface area contributed by atoms with Crippen LogP contribution in [0.1, 0.15) is 25.3 Å². The molecule has 1 heterocycles. The van der Waals surface area contributed by atoms with E-state index in [1.807, 2.05) is 12.1 Å². The predicted octanol–water partition coefficient (Wildman–Crippen LogP) is -0.245. The summed E-state index contributed by atoms with van der Waals surface area (Å²) in [6, 6.07) is 5.99. The minimum absolute atomic E-state index is 0. The molecule has 0 atom stereocenters. The Morgan fingerprint density at radius 1 is 1.38 bits per heavy atom. The van der Waals surface area contributed by atoms with E-state index in [9.17, 15) is 0 Å². The van der Waals surface area contributed by atoms with Crippen molar-refractivity contribution < 1.29 is 62.6 Å². The summed E-state index contributed by atoms with van der Waals surface area (Å²) >= 11 is 0. The van der Waals surface area contributed by atoms with Crippen LogP contribution in [0.4, 0.5) is 0 Å². The van der Waals surface area contributed by atoms with E-state index in [0.717, 1.165) is 11.1 Å². The first-order valence-electron chi connectivity index (χ1n) is 4.04. The molecule has 2 rings (SSSR count). The maximum Gasteiger partial charge on any atom is 1.00 e. The summed E-state index contributed by atoms with van der Waals surface area (Å²) in [5.74, 6) is 0.468. The Bertz CT molecular complexity index is 394. The Labute approximate surface area is 127 Å². The molecule has 0 unspecified atom stereocenters. The average molecular weight is 246 g/mol. The molecule has 0 bridgehead atoms. The van der Waals surface area contributed by atoms with E-state index >= 15 is 0 Å². The molecule has 13 heavy (non-hydrogen) atoms. The maximum atomic E-state index is 5.17. The molecule has 2 nitrogen and oxygen atoms in total. The average Bonchev–Trinajstić information content (AvgIpc) is 2.49. The van der Waals surface area contributed by atoms with Crippen molar-refractivity contribution in [3.63, 3.8) is 0 Å². The number of oxazole rings is 1. The topological polar surface area (TPSA) is 26.0 Å². The third-order valence-electron chi connectivity index (χ3n) is 1.96. The van der Waals surface area contributed by atoms with Gasteiger partial charge in [0.15, 0.2) is 0 Å².